The maximum Gasteiger partial charge on any atom is 0.258 e. The third-order valence-corrected chi connectivity index (χ3v) is 5.70. The van der Waals surface area contributed by atoms with Crippen LogP contribution in [0.3, 0.4) is 0 Å². The summed E-state index contributed by atoms with van der Waals surface area (Å²) in [5.74, 6) is -0.378. The molecule has 2 aromatic carbocycles. The molecule has 0 unspecified atom stereocenters. The number of anilines is 1. The van der Waals surface area contributed by atoms with Crippen molar-refractivity contribution in [3.63, 3.8) is 0 Å². The number of fused-ring (bicyclic) bond motifs is 1. The molecular formula is C17H13BrClN3OS2. The largest absolute Gasteiger partial charge is 0.308 e. The molecule has 4 nitrogen and oxygen atoms in total. The van der Waals surface area contributed by atoms with Crippen LogP contribution in [-0.4, -0.2) is 16.0 Å². The van der Waals surface area contributed by atoms with Crippen molar-refractivity contribution in [3.05, 3.63) is 56.5 Å². The van der Waals surface area contributed by atoms with Crippen molar-refractivity contribution in [3.8, 4) is 0 Å². The summed E-state index contributed by atoms with van der Waals surface area (Å²) in [7, 11) is 0. The van der Waals surface area contributed by atoms with Gasteiger partial charge in [-0.1, -0.05) is 51.0 Å². The van der Waals surface area contributed by atoms with Gasteiger partial charge in [0.05, 0.1) is 20.8 Å². The summed E-state index contributed by atoms with van der Waals surface area (Å²) in [5, 5.41) is 6.77. The molecule has 2 N–H and O–H groups in total. The maximum absolute atomic E-state index is 12.3. The number of aromatic nitrogens is 1. The van der Waals surface area contributed by atoms with Gasteiger partial charge in [0.25, 0.3) is 5.91 Å². The van der Waals surface area contributed by atoms with E-state index in [0.717, 1.165) is 25.8 Å². The number of amides is 1. The van der Waals surface area contributed by atoms with E-state index in [4.69, 9.17) is 23.8 Å². The number of halogens is 2. The molecule has 0 saturated heterocycles. The van der Waals surface area contributed by atoms with Crippen LogP contribution in [-0.2, 0) is 0 Å². The van der Waals surface area contributed by atoms with E-state index in [1.54, 1.807) is 18.2 Å². The minimum Gasteiger partial charge on any atom is -0.308 e. The molecule has 0 aliphatic heterocycles. The number of carbonyl (C=O) groups is 1. The lowest BCUT2D eigenvalue weighted by atomic mass is 10.1. The van der Waals surface area contributed by atoms with E-state index in [1.165, 1.54) is 11.3 Å². The Labute approximate surface area is 167 Å². The Morgan fingerprint density at radius 3 is 2.68 bits per heavy atom. The predicted molar refractivity (Wildman–Crippen MR) is 112 cm³/mol. The molecule has 0 aliphatic rings. The van der Waals surface area contributed by atoms with Crippen LogP contribution in [0, 0.1) is 13.8 Å². The number of rotatable bonds is 2. The molecule has 0 spiro atoms. The number of thiazole rings is 1. The van der Waals surface area contributed by atoms with Crippen LogP contribution >= 0.6 is 51.1 Å². The third-order valence-electron chi connectivity index (χ3n) is 3.56. The number of hydrogen-bond acceptors (Lipinski definition) is 4. The first-order chi connectivity index (χ1) is 11.8. The van der Waals surface area contributed by atoms with Gasteiger partial charge >= 0.3 is 0 Å². The van der Waals surface area contributed by atoms with Crippen molar-refractivity contribution in [2.75, 3.05) is 5.32 Å². The first-order valence-corrected chi connectivity index (χ1v) is 9.69. The van der Waals surface area contributed by atoms with Crippen LogP contribution < -0.4 is 10.6 Å². The van der Waals surface area contributed by atoms with Gasteiger partial charge in [-0.05, 0) is 55.4 Å². The van der Waals surface area contributed by atoms with Crippen molar-refractivity contribution in [2.45, 2.75) is 13.8 Å². The zero-order valence-corrected chi connectivity index (χ0v) is 17.3. The Morgan fingerprint density at radius 2 is 1.96 bits per heavy atom. The maximum atomic E-state index is 12.3. The molecule has 0 fully saturated rings. The van der Waals surface area contributed by atoms with E-state index in [9.17, 15) is 4.79 Å². The molecule has 0 saturated carbocycles. The molecule has 1 amide bonds. The van der Waals surface area contributed by atoms with E-state index in [0.29, 0.717) is 15.7 Å². The van der Waals surface area contributed by atoms with Gasteiger partial charge in [-0.15, -0.1) is 0 Å². The standard InChI is InChI=1S/C17H13BrClN3OS2/c1-8-3-4-9(2)14-13(8)20-17(25-14)22-16(24)21-15(23)11-7-10(18)5-6-12(11)19/h3-7H,1-2H3,(H2,20,21,22,23,24). The van der Waals surface area contributed by atoms with Gasteiger partial charge in [-0.3, -0.25) is 10.1 Å². The third kappa shape index (κ3) is 4.00. The Balaban J connectivity index is 1.76. The number of hydrogen-bond donors (Lipinski definition) is 2. The van der Waals surface area contributed by atoms with E-state index in [-0.39, 0.29) is 11.0 Å². The highest BCUT2D eigenvalue weighted by Gasteiger charge is 2.14. The molecule has 0 aliphatic carbocycles. The fraction of sp³-hybridized carbons (Fsp3) is 0.118. The molecule has 128 valence electrons. The van der Waals surface area contributed by atoms with Gasteiger partial charge in [-0.2, -0.15) is 0 Å². The second-order valence-corrected chi connectivity index (χ2v) is 8.16. The molecule has 25 heavy (non-hydrogen) atoms. The van der Waals surface area contributed by atoms with Crippen LogP contribution in [0.2, 0.25) is 5.02 Å². The van der Waals surface area contributed by atoms with Crippen molar-refractivity contribution in [1.82, 2.24) is 10.3 Å². The Morgan fingerprint density at radius 1 is 1.24 bits per heavy atom. The topological polar surface area (TPSA) is 54.0 Å². The highest BCUT2D eigenvalue weighted by molar-refractivity contribution is 9.10. The Hall–Kier alpha value is -1.54. The van der Waals surface area contributed by atoms with Gasteiger partial charge in [0.1, 0.15) is 0 Å². The monoisotopic (exact) mass is 453 g/mol. The van der Waals surface area contributed by atoms with E-state index in [1.807, 2.05) is 19.9 Å². The minimum atomic E-state index is -0.378. The zero-order chi connectivity index (χ0) is 18.1. The van der Waals surface area contributed by atoms with Crippen molar-refractivity contribution >= 4 is 77.5 Å². The summed E-state index contributed by atoms with van der Waals surface area (Å²) in [6.45, 7) is 4.06. The SMILES string of the molecule is Cc1ccc(C)c2sc(NC(=S)NC(=O)c3cc(Br)ccc3Cl)nc12. The van der Waals surface area contributed by atoms with E-state index < -0.39 is 0 Å². The average Bonchev–Trinajstić information content (AvgIpc) is 2.98. The van der Waals surface area contributed by atoms with Crippen LogP contribution in [0.15, 0.2) is 34.8 Å². The van der Waals surface area contributed by atoms with Crippen LogP contribution in [0.5, 0.6) is 0 Å². The highest BCUT2D eigenvalue weighted by Crippen LogP contribution is 2.30. The van der Waals surface area contributed by atoms with Gasteiger partial charge in [0, 0.05) is 4.47 Å². The van der Waals surface area contributed by atoms with Crippen molar-refractivity contribution < 1.29 is 4.79 Å². The Kier molecular flexibility index (Phi) is 5.38. The second kappa shape index (κ2) is 7.37. The minimum absolute atomic E-state index is 0.176. The molecule has 3 aromatic rings. The molecule has 1 heterocycles. The normalized spacial score (nSPS) is 10.7. The number of carbonyl (C=O) groups excluding carboxylic acids is 1. The van der Waals surface area contributed by atoms with Crippen molar-refractivity contribution in [2.24, 2.45) is 0 Å². The molecule has 8 heteroatoms. The fourth-order valence-corrected chi connectivity index (χ4v) is 4.12. The number of nitrogens with zero attached hydrogens (tertiary/aromatic N) is 1. The van der Waals surface area contributed by atoms with Crippen LogP contribution in [0.25, 0.3) is 10.2 Å². The molecule has 0 radical (unpaired) electrons. The second-order valence-electron chi connectivity index (χ2n) is 5.43. The smallest absolute Gasteiger partial charge is 0.258 e. The summed E-state index contributed by atoms with van der Waals surface area (Å²) in [5.41, 5.74) is 3.54. The number of thiocarbonyl (C=S) groups is 1. The number of aryl methyl sites for hydroxylation is 2. The van der Waals surface area contributed by atoms with Crippen LogP contribution in [0.1, 0.15) is 21.5 Å². The highest BCUT2D eigenvalue weighted by atomic mass is 79.9. The molecule has 3 rings (SSSR count). The lowest BCUT2D eigenvalue weighted by Gasteiger charge is -2.08. The lowest BCUT2D eigenvalue weighted by Crippen LogP contribution is -2.34. The quantitative estimate of drug-likeness (QED) is 0.505. The first kappa shape index (κ1) is 18.3. The van der Waals surface area contributed by atoms with E-state index >= 15 is 0 Å². The van der Waals surface area contributed by atoms with Gasteiger partial charge in [-0.25, -0.2) is 4.98 Å². The molecular weight excluding hydrogens is 442 g/mol. The molecule has 0 bridgehead atoms. The summed E-state index contributed by atoms with van der Waals surface area (Å²) in [6, 6.07) is 9.16. The summed E-state index contributed by atoms with van der Waals surface area (Å²) < 4.78 is 1.87. The van der Waals surface area contributed by atoms with Crippen LogP contribution in [0.4, 0.5) is 5.13 Å². The van der Waals surface area contributed by atoms with Gasteiger partial charge in [0.15, 0.2) is 10.2 Å². The predicted octanol–water partition coefficient (Wildman–Crippen LogP) is 5.46. The lowest BCUT2D eigenvalue weighted by molar-refractivity contribution is 0.0978. The average molecular weight is 455 g/mol. The molecule has 1 aromatic heterocycles. The number of benzene rings is 2. The fourth-order valence-electron chi connectivity index (χ4n) is 2.28. The van der Waals surface area contributed by atoms with Gasteiger partial charge < -0.3 is 5.32 Å². The summed E-state index contributed by atoms with van der Waals surface area (Å²) in [6.07, 6.45) is 0. The summed E-state index contributed by atoms with van der Waals surface area (Å²) in [4.78, 5) is 16.9. The van der Waals surface area contributed by atoms with Crippen molar-refractivity contribution in [1.29, 1.82) is 0 Å². The number of nitrogens with one attached hydrogen (secondary N) is 2. The summed E-state index contributed by atoms with van der Waals surface area (Å²) >= 11 is 16.1. The van der Waals surface area contributed by atoms with Gasteiger partial charge in [0.2, 0.25) is 0 Å². The molecule has 0 atom stereocenters. The Bertz CT molecular complexity index is 964. The zero-order valence-electron chi connectivity index (χ0n) is 13.3. The first-order valence-electron chi connectivity index (χ1n) is 7.29. The van der Waals surface area contributed by atoms with E-state index in [2.05, 4.69) is 37.6 Å².